The Kier molecular flexibility index (Phi) is 6.86. The number of nitrogens with one attached hydrogen (secondary N) is 1. The molecule has 2 rings (SSSR count). The van der Waals surface area contributed by atoms with E-state index < -0.39 is 17.2 Å². The molecule has 0 saturated carbocycles. The average molecular weight is 390 g/mol. The summed E-state index contributed by atoms with van der Waals surface area (Å²) in [6, 6.07) is 2.22. The van der Waals surface area contributed by atoms with Crippen molar-refractivity contribution in [3.05, 3.63) is 28.3 Å². The highest BCUT2D eigenvalue weighted by Crippen LogP contribution is 2.30. The van der Waals surface area contributed by atoms with Crippen LogP contribution in [0.4, 0.5) is 0 Å². The van der Waals surface area contributed by atoms with Gasteiger partial charge in [-0.25, -0.2) is 4.79 Å². The van der Waals surface area contributed by atoms with Gasteiger partial charge in [0.1, 0.15) is 28.7 Å². The van der Waals surface area contributed by atoms with Crippen molar-refractivity contribution >= 4 is 28.5 Å². The van der Waals surface area contributed by atoms with Crippen molar-refractivity contribution in [1.29, 1.82) is 0 Å². The normalized spacial score (nSPS) is 19.7. The third kappa shape index (κ3) is 5.23. The number of carbonyl (C=O) groups is 2. The number of hydrogen-bond donors (Lipinski definition) is 1. The first-order valence-corrected chi connectivity index (χ1v) is 9.53. The number of Topliss-reactive ketones (excluding diaryl/α,β-unsaturated/α-hetero) is 1. The quantitative estimate of drug-likeness (QED) is 0.683. The van der Waals surface area contributed by atoms with E-state index in [0.717, 1.165) is 6.42 Å². The van der Waals surface area contributed by atoms with Gasteiger partial charge in [0.05, 0.1) is 12.1 Å². The van der Waals surface area contributed by atoms with Crippen LogP contribution >= 0.6 is 11.8 Å². The van der Waals surface area contributed by atoms with E-state index in [-0.39, 0.29) is 29.8 Å². The molecule has 1 N–H and O–H groups in total. The Bertz CT molecular complexity index is 854. The average Bonchev–Trinajstić information content (AvgIpc) is 3.03. The minimum absolute atomic E-state index is 0.0194. The highest BCUT2D eigenvalue weighted by Gasteiger charge is 2.40. The summed E-state index contributed by atoms with van der Waals surface area (Å²) < 4.78 is 10.6. The number of hydrogen-bond acceptors (Lipinski definition) is 7. The molecule has 8 heteroatoms. The van der Waals surface area contributed by atoms with Crippen LogP contribution in [0.3, 0.4) is 0 Å². The van der Waals surface area contributed by atoms with E-state index in [9.17, 15) is 14.4 Å². The zero-order valence-corrected chi connectivity index (χ0v) is 16.4. The number of terminal acetylenes is 1. The number of aliphatic imine (C=N–C) groups is 1. The van der Waals surface area contributed by atoms with Crippen LogP contribution in [0.1, 0.15) is 45.4 Å². The van der Waals surface area contributed by atoms with Gasteiger partial charge in [-0.2, -0.15) is 0 Å². The van der Waals surface area contributed by atoms with Crippen LogP contribution in [0, 0.1) is 12.3 Å². The van der Waals surface area contributed by atoms with Crippen molar-refractivity contribution in [1.82, 2.24) is 5.32 Å². The maximum absolute atomic E-state index is 12.8. The van der Waals surface area contributed by atoms with Crippen LogP contribution in [0.2, 0.25) is 0 Å². The van der Waals surface area contributed by atoms with Crippen LogP contribution in [-0.2, 0) is 9.59 Å². The molecule has 144 valence electrons. The molecular weight excluding hydrogens is 368 g/mol. The molecule has 1 aromatic heterocycles. The van der Waals surface area contributed by atoms with Gasteiger partial charge in [0.2, 0.25) is 5.91 Å². The van der Waals surface area contributed by atoms with E-state index in [1.165, 1.54) is 24.8 Å². The van der Waals surface area contributed by atoms with Crippen LogP contribution < -0.4 is 15.7 Å². The lowest BCUT2D eigenvalue weighted by Gasteiger charge is -2.24. The molecule has 0 fully saturated rings. The molecule has 0 bridgehead atoms. The fourth-order valence-electron chi connectivity index (χ4n) is 2.54. The molecule has 0 radical (unpaired) electrons. The van der Waals surface area contributed by atoms with Gasteiger partial charge in [-0.3, -0.25) is 14.6 Å². The van der Waals surface area contributed by atoms with Crippen molar-refractivity contribution < 1.29 is 18.7 Å². The zero-order chi connectivity index (χ0) is 20.0. The van der Waals surface area contributed by atoms with Crippen LogP contribution in [0.25, 0.3) is 0 Å². The third-order valence-corrected chi connectivity index (χ3v) is 5.30. The predicted molar refractivity (Wildman–Crippen MR) is 104 cm³/mol. The van der Waals surface area contributed by atoms with Crippen molar-refractivity contribution in [3.8, 4) is 18.1 Å². The standard InChI is InChI=1S/C19H22N2O5S/c1-5-7-14(15-9-13(25-8-6-2)10-16(23)26-15)20-18(24)19(4)11-27-17(21-19)12(3)22/h2,9-10,14H,5,7-8,11H2,1,3-4H3,(H,20,24)/t14-,19?/m1/s1. The molecule has 27 heavy (non-hydrogen) atoms. The van der Waals surface area contributed by atoms with Gasteiger partial charge in [-0.15, -0.1) is 18.2 Å². The molecular formula is C19H22N2O5S. The molecule has 1 aromatic rings. The maximum Gasteiger partial charge on any atom is 0.339 e. The van der Waals surface area contributed by atoms with Crippen molar-refractivity contribution in [2.24, 2.45) is 4.99 Å². The van der Waals surface area contributed by atoms with Crippen molar-refractivity contribution in [2.75, 3.05) is 12.4 Å². The molecule has 7 nitrogen and oxygen atoms in total. The van der Waals surface area contributed by atoms with E-state index in [1.807, 2.05) is 6.92 Å². The number of carbonyl (C=O) groups excluding carboxylic acids is 2. The largest absolute Gasteiger partial charge is 0.481 e. The lowest BCUT2D eigenvalue weighted by atomic mass is 10.0. The third-order valence-electron chi connectivity index (χ3n) is 3.94. The second-order valence-corrected chi connectivity index (χ2v) is 7.32. The molecule has 0 saturated heterocycles. The second-order valence-electron chi connectivity index (χ2n) is 6.36. The van der Waals surface area contributed by atoms with Gasteiger partial charge in [-0.05, 0) is 13.3 Å². The molecule has 2 heterocycles. The highest BCUT2D eigenvalue weighted by atomic mass is 32.2. The van der Waals surface area contributed by atoms with Gasteiger partial charge in [-0.1, -0.05) is 19.3 Å². The van der Waals surface area contributed by atoms with Crippen LogP contribution in [0.15, 0.2) is 26.3 Å². The zero-order valence-electron chi connectivity index (χ0n) is 15.5. The minimum atomic E-state index is -1.05. The number of ketones is 1. The summed E-state index contributed by atoms with van der Waals surface area (Å²) in [5.41, 5.74) is -1.63. The van der Waals surface area contributed by atoms with Crippen molar-refractivity contribution in [2.45, 2.75) is 45.2 Å². The monoisotopic (exact) mass is 390 g/mol. The molecule has 1 unspecified atom stereocenters. The second kappa shape index (κ2) is 8.91. The molecule has 0 spiro atoms. The molecule has 0 aromatic carbocycles. The Morgan fingerprint density at radius 1 is 1.52 bits per heavy atom. The maximum atomic E-state index is 12.8. The first-order valence-electron chi connectivity index (χ1n) is 8.55. The summed E-state index contributed by atoms with van der Waals surface area (Å²) in [5.74, 6) is 2.79. The summed E-state index contributed by atoms with van der Waals surface area (Å²) >= 11 is 1.26. The van der Waals surface area contributed by atoms with Gasteiger partial charge in [0.25, 0.3) is 0 Å². The van der Waals surface area contributed by atoms with Crippen LogP contribution in [-0.4, -0.2) is 34.6 Å². The number of nitrogens with zero attached hydrogens (tertiary/aromatic N) is 1. The van der Waals surface area contributed by atoms with Crippen LogP contribution in [0.5, 0.6) is 5.75 Å². The summed E-state index contributed by atoms with van der Waals surface area (Å²) in [4.78, 5) is 40.4. The van der Waals surface area contributed by atoms with Crippen molar-refractivity contribution in [3.63, 3.8) is 0 Å². The first kappa shape index (κ1) is 20.8. The lowest BCUT2D eigenvalue weighted by Crippen LogP contribution is -2.45. The lowest BCUT2D eigenvalue weighted by molar-refractivity contribution is -0.125. The fourth-order valence-corrected chi connectivity index (χ4v) is 3.62. The topological polar surface area (TPSA) is 98.0 Å². The van der Waals surface area contributed by atoms with E-state index in [4.69, 9.17) is 15.6 Å². The molecule has 1 aliphatic heterocycles. The van der Waals surface area contributed by atoms with E-state index in [0.29, 0.717) is 17.2 Å². The Morgan fingerprint density at radius 3 is 2.85 bits per heavy atom. The summed E-state index contributed by atoms with van der Waals surface area (Å²) in [7, 11) is 0. The minimum Gasteiger partial charge on any atom is -0.481 e. The van der Waals surface area contributed by atoms with Gasteiger partial charge in [0, 0.05) is 18.7 Å². The number of ether oxygens (including phenoxy) is 1. The Hall–Kier alpha value is -2.53. The number of thioether (sulfide) groups is 1. The summed E-state index contributed by atoms with van der Waals surface area (Å²) in [6.45, 7) is 5.07. The van der Waals surface area contributed by atoms with Gasteiger partial charge < -0.3 is 14.5 Å². The van der Waals surface area contributed by atoms with Gasteiger partial charge in [0.15, 0.2) is 5.78 Å². The number of rotatable bonds is 8. The van der Waals surface area contributed by atoms with Gasteiger partial charge >= 0.3 is 5.63 Å². The summed E-state index contributed by atoms with van der Waals surface area (Å²) in [5, 5.41) is 3.23. The smallest absolute Gasteiger partial charge is 0.339 e. The molecule has 2 atom stereocenters. The Morgan fingerprint density at radius 2 is 2.26 bits per heavy atom. The fraction of sp³-hybridized carbons (Fsp3) is 0.474. The van der Waals surface area contributed by atoms with E-state index in [1.54, 1.807) is 13.0 Å². The molecule has 1 aliphatic rings. The summed E-state index contributed by atoms with van der Waals surface area (Å²) in [6.07, 6.45) is 6.47. The predicted octanol–water partition coefficient (Wildman–Crippen LogP) is 2.10. The Balaban J connectivity index is 2.24. The highest BCUT2D eigenvalue weighted by molar-refractivity contribution is 8.16. The first-order chi connectivity index (χ1) is 12.8. The van der Waals surface area contributed by atoms with E-state index in [2.05, 4.69) is 16.2 Å². The Labute approximate surface area is 162 Å². The van der Waals surface area contributed by atoms with E-state index >= 15 is 0 Å². The molecule has 0 aliphatic carbocycles. The number of amides is 1. The SMILES string of the molecule is C#CCOc1cc([C@@H](CCC)NC(=O)C2(C)CSC(C(C)=O)=N2)oc(=O)c1. The molecule has 1 amide bonds.